The number of halogens is 1. The third-order valence-corrected chi connectivity index (χ3v) is 3.55. The van der Waals surface area contributed by atoms with Gasteiger partial charge in [-0.05, 0) is 39.0 Å². The smallest absolute Gasteiger partial charge is 0.220 e. The summed E-state index contributed by atoms with van der Waals surface area (Å²) in [7, 11) is 0. The molecule has 1 aromatic rings. The standard InChI is InChI=1S/C13H21N3O2.ClH/c1-8-11(9(2)18-16-8)5-6-13(17)15-7-12(14)10-3-4-10;/h10,12H,3-7,14H2,1-2H3,(H,15,17);1H. The monoisotopic (exact) mass is 287 g/mol. The zero-order valence-electron chi connectivity index (χ0n) is 11.4. The second-order valence-electron chi connectivity index (χ2n) is 5.11. The zero-order chi connectivity index (χ0) is 13.1. The number of rotatable bonds is 6. The highest BCUT2D eigenvalue weighted by Crippen LogP contribution is 2.31. The molecule has 5 nitrogen and oxygen atoms in total. The van der Waals surface area contributed by atoms with Gasteiger partial charge in [0.1, 0.15) is 5.76 Å². The Morgan fingerprint density at radius 3 is 2.74 bits per heavy atom. The maximum atomic E-state index is 11.7. The average molecular weight is 288 g/mol. The number of amides is 1. The number of hydrogen-bond acceptors (Lipinski definition) is 4. The van der Waals surface area contributed by atoms with Gasteiger partial charge in [0.15, 0.2) is 0 Å². The van der Waals surface area contributed by atoms with E-state index in [2.05, 4.69) is 10.5 Å². The van der Waals surface area contributed by atoms with Crippen molar-refractivity contribution in [1.29, 1.82) is 0 Å². The van der Waals surface area contributed by atoms with Gasteiger partial charge in [0, 0.05) is 24.6 Å². The Labute approximate surface area is 119 Å². The lowest BCUT2D eigenvalue weighted by molar-refractivity contribution is -0.121. The minimum absolute atomic E-state index is 0. The van der Waals surface area contributed by atoms with Crippen LogP contribution in [0.25, 0.3) is 0 Å². The number of carbonyl (C=O) groups excluding carboxylic acids is 1. The summed E-state index contributed by atoms with van der Waals surface area (Å²) in [5.41, 5.74) is 7.84. The maximum absolute atomic E-state index is 11.7. The first-order valence-electron chi connectivity index (χ1n) is 6.52. The number of aryl methyl sites for hydroxylation is 2. The van der Waals surface area contributed by atoms with E-state index in [4.69, 9.17) is 10.3 Å². The van der Waals surface area contributed by atoms with Crippen LogP contribution in [0.15, 0.2) is 4.52 Å². The van der Waals surface area contributed by atoms with Crippen molar-refractivity contribution in [3.05, 3.63) is 17.0 Å². The molecule has 19 heavy (non-hydrogen) atoms. The van der Waals surface area contributed by atoms with E-state index >= 15 is 0 Å². The number of nitrogens with zero attached hydrogens (tertiary/aromatic N) is 1. The molecule has 2 rings (SSSR count). The Balaban J connectivity index is 0.00000180. The van der Waals surface area contributed by atoms with E-state index in [1.165, 1.54) is 12.8 Å². The van der Waals surface area contributed by atoms with Crippen LogP contribution in [0.3, 0.4) is 0 Å². The highest BCUT2D eigenvalue weighted by Gasteiger charge is 2.28. The van der Waals surface area contributed by atoms with Crippen LogP contribution in [0, 0.1) is 19.8 Å². The van der Waals surface area contributed by atoms with E-state index in [-0.39, 0.29) is 24.4 Å². The van der Waals surface area contributed by atoms with Crippen molar-refractivity contribution in [3.8, 4) is 0 Å². The van der Waals surface area contributed by atoms with Crippen LogP contribution in [-0.2, 0) is 11.2 Å². The topological polar surface area (TPSA) is 81.2 Å². The van der Waals surface area contributed by atoms with Crippen molar-refractivity contribution < 1.29 is 9.32 Å². The fourth-order valence-electron chi connectivity index (χ4n) is 2.11. The molecule has 0 spiro atoms. The first-order chi connectivity index (χ1) is 8.58. The summed E-state index contributed by atoms with van der Waals surface area (Å²) < 4.78 is 5.06. The summed E-state index contributed by atoms with van der Waals surface area (Å²) >= 11 is 0. The van der Waals surface area contributed by atoms with Crippen molar-refractivity contribution in [2.45, 2.75) is 45.6 Å². The summed E-state index contributed by atoms with van der Waals surface area (Å²) in [5, 5.41) is 6.76. The van der Waals surface area contributed by atoms with Crippen LogP contribution in [0.1, 0.15) is 36.3 Å². The SMILES string of the molecule is Cc1noc(C)c1CCC(=O)NCC(N)C1CC1.Cl. The molecule has 1 unspecified atom stereocenters. The highest BCUT2D eigenvalue weighted by atomic mass is 35.5. The minimum atomic E-state index is 0. The summed E-state index contributed by atoms with van der Waals surface area (Å²) in [6, 6.07) is 0.119. The van der Waals surface area contributed by atoms with Gasteiger partial charge in [0.05, 0.1) is 5.69 Å². The van der Waals surface area contributed by atoms with Gasteiger partial charge in [0.25, 0.3) is 0 Å². The van der Waals surface area contributed by atoms with Crippen molar-refractivity contribution in [1.82, 2.24) is 10.5 Å². The molecule has 1 aromatic heterocycles. The molecular formula is C13H22ClN3O2. The third-order valence-electron chi connectivity index (χ3n) is 3.55. The lowest BCUT2D eigenvalue weighted by atomic mass is 10.1. The van der Waals surface area contributed by atoms with E-state index < -0.39 is 0 Å². The summed E-state index contributed by atoms with van der Waals surface area (Å²) in [6.07, 6.45) is 3.54. The largest absolute Gasteiger partial charge is 0.361 e. The van der Waals surface area contributed by atoms with Gasteiger partial charge in [-0.25, -0.2) is 0 Å². The van der Waals surface area contributed by atoms with Crippen LogP contribution in [0.4, 0.5) is 0 Å². The molecule has 0 bridgehead atoms. The molecule has 1 aliphatic carbocycles. The third kappa shape index (κ3) is 4.51. The number of carbonyl (C=O) groups is 1. The Morgan fingerprint density at radius 1 is 1.53 bits per heavy atom. The van der Waals surface area contributed by atoms with Crippen molar-refractivity contribution in [2.24, 2.45) is 11.7 Å². The van der Waals surface area contributed by atoms with Gasteiger partial charge in [-0.1, -0.05) is 5.16 Å². The van der Waals surface area contributed by atoms with Gasteiger partial charge in [-0.2, -0.15) is 0 Å². The molecule has 6 heteroatoms. The van der Waals surface area contributed by atoms with Gasteiger partial charge >= 0.3 is 0 Å². The molecule has 108 valence electrons. The summed E-state index contributed by atoms with van der Waals surface area (Å²) in [6.45, 7) is 4.36. The van der Waals surface area contributed by atoms with Crippen molar-refractivity contribution in [3.63, 3.8) is 0 Å². The Morgan fingerprint density at radius 2 is 2.21 bits per heavy atom. The lowest BCUT2D eigenvalue weighted by Gasteiger charge is -2.11. The van der Waals surface area contributed by atoms with Gasteiger partial charge < -0.3 is 15.6 Å². The molecule has 0 radical (unpaired) electrons. The molecule has 1 fully saturated rings. The first-order valence-corrected chi connectivity index (χ1v) is 6.52. The van der Waals surface area contributed by atoms with Gasteiger partial charge in [-0.15, -0.1) is 12.4 Å². The quantitative estimate of drug-likeness (QED) is 0.831. The van der Waals surface area contributed by atoms with Crippen molar-refractivity contribution >= 4 is 18.3 Å². The fourth-order valence-corrected chi connectivity index (χ4v) is 2.11. The van der Waals surface area contributed by atoms with Crippen LogP contribution in [-0.4, -0.2) is 23.7 Å². The number of nitrogens with one attached hydrogen (secondary N) is 1. The zero-order valence-corrected chi connectivity index (χ0v) is 12.3. The van der Waals surface area contributed by atoms with Gasteiger partial charge in [0.2, 0.25) is 5.91 Å². The predicted molar refractivity (Wildman–Crippen MR) is 75.3 cm³/mol. The van der Waals surface area contributed by atoms with Crippen LogP contribution >= 0.6 is 12.4 Å². The molecular weight excluding hydrogens is 266 g/mol. The average Bonchev–Trinajstić information content (AvgIpc) is 3.13. The number of nitrogens with two attached hydrogens (primary N) is 1. The van der Waals surface area contributed by atoms with Crippen LogP contribution in [0.5, 0.6) is 0 Å². The second-order valence-corrected chi connectivity index (χ2v) is 5.11. The van der Waals surface area contributed by atoms with E-state index in [9.17, 15) is 4.79 Å². The molecule has 1 heterocycles. The fraction of sp³-hybridized carbons (Fsp3) is 0.692. The van der Waals surface area contributed by atoms with Crippen LogP contribution in [0.2, 0.25) is 0 Å². The van der Waals surface area contributed by atoms with E-state index in [0.29, 0.717) is 25.3 Å². The summed E-state index contributed by atoms with van der Waals surface area (Å²) in [4.78, 5) is 11.7. The molecule has 0 aromatic carbocycles. The Hall–Kier alpha value is -1.07. The molecule has 1 aliphatic rings. The molecule has 1 atom stereocenters. The predicted octanol–water partition coefficient (Wildman–Crippen LogP) is 1.50. The molecule has 0 aliphatic heterocycles. The number of hydrogen-bond donors (Lipinski definition) is 2. The molecule has 3 N–H and O–H groups in total. The number of aromatic nitrogens is 1. The minimum Gasteiger partial charge on any atom is -0.361 e. The lowest BCUT2D eigenvalue weighted by Crippen LogP contribution is -2.38. The first kappa shape index (κ1) is 16.0. The molecule has 1 saturated carbocycles. The maximum Gasteiger partial charge on any atom is 0.220 e. The second kappa shape index (κ2) is 6.91. The highest BCUT2D eigenvalue weighted by molar-refractivity contribution is 5.85. The normalized spacial score (nSPS) is 15.7. The molecule has 0 saturated heterocycles. The van der Waals surface area contributed by atoms with Crippen molar-refractivity contribution in [2.75, 3.05) is 6.54 Å². The van der Waals surface area contributed by atoms with E-state index in [0.717, 1.165) is 17.0 Å². The van der Waals surface area contributed by atoms with E-state index in [1.807, 2.05) is 13.8 Å². The Kier molecular flexibility index (Phi) is 5.82. The van der Waals surface area contributed by atoms with Gasteiger partial charge in [-0.3, -0.25) is 4.79 Å². The molecule has 1 amide bonds. The Bertz CT molecular complexity index is 410. The summed E-state index contributed by atoms with van der Waals surface area (Å²) in [5.74, 6) is 1.47. The van der Waals surface area contributed by atoms with E-state index in [1.54, 1.807) is 0 Å². The van der Waals surface area contributed by atoms with Crippen LogP contribution < -0.4 is 11.1 Å².